The average Bonchev–Trinajstić information content (AvgIpc) is 2.99. The van der Waals surface area contributed by atoms with E-state index in [2.05, 4.69) is 5.32 Å². The molecule has 1 aromatic carbocycles. The number of hydrogen-bond donors (Lipinski definition) is 2. The summed E-state index contributed by atoms with van der Waals surface area (Å²) in [5.41, 5.74) is 6.33. The lowest BCUT2D eigenvalue weighted by Gasteiger charge is -2.16. The molecule has 0 bridgehead atoms. The number of cyclic esters (lactones) is 2. The molecule has 7 nitrogen and oxygen atoms in total. The molecular formula is C19H28N2O5. The average molecular weight is 364 g/mol. The number of methoxy groups -OCH3 is 1. The molecule has 3 N–H and O–H groups in total. The van der Waals surface area contributed by atoms with E-state index in [0.29, 0.717) is 0 Å². The Balaban J connectivity index is 0.000000228. The Kier molecular flexibility index (Phi) is 6.47. The summed E-state index contributed by atoms with van der Waals surface area (Å²) >= 11 is 0. The second kappa shape index (κ2) is 8.40. The van der Waals surface area contributed by atoms with E-state index in [0.717, 1.165) is 11.4 Å². The van der Waals surface area contributed by atoms with Crippen LogP contribution >= 0.6 is 0 Å². The number of carbonyl (C=O) groups is 2. The molecule has 6 atom stereocenters. The van der Waals surface area contributed by atoms with Crippen LogP contribution in [0.3, 0.4) is 0 Å². The van der Waals surface area contributed by atoms with E-state index >= 15 is 0 Å². The van der Waals surface area contributed by atoms with Crippen LogP contribution in [0.1, 0.15) is 27.7 Å². The Labute approximate surface area is 154 Å². The molecule has 0 aromatic heterocycles. The van der Waals surface area contributed by atoms with Crippen molar-refractivity contribution in [3.63, 3.8) is 0 Å². The summed E-state index contributed by atoms with van der Waals surface area (Å²) in [7, 11) is 1.63. The first-order valence-electron chi connectivity index (χ1n) is 8.81. The number of hydrogen-bond acceptors (Lipinski definition) is 7. The highest BCUT2D eigenvalue weighted by Gasteiger charge is 2.39. The molecule has 2 heterocycles. The number of carbonyl (C=O) groups excluding carboxylic acids is 2. The molecule has 0 radical (unpaired) electrons. The number of nitrogens with one attached hydrogen (secondary N) is 1. The summed E-state index contributed by atoms with van der Waals surface area (Å²) in [6.45, 7) is 7.70. The lowest BCUT2D eigenvalue weighted by molar-refractivity contribution is -0.142. The second-order valence-electron chi connectivity index (χ2n) is 6.88. The Morgan fingerprint density at radius 2 is 1.46 bits per heavy atom. The van der Waals surface area contributed by atoms with Crippen molar-refractivity contribution < 1.29 is 23.8 Å². The first-order valence-corrected chi connectivity index (χ1v) is 8.81. The third kappa shape index (κ3) is 4.46. The largest absolute Gasteiger partial charge is 0.497 e. The van der Waals surface area contributed by atoms with Crippen molar-refractivity contribution in [2.45, 2.75) is 52.0 Å². The van der Waals surface area contributed by atoms with Crippen molar-refractivity contribution in [3.8, 4) is 5.75 Å². The minimum absolute atomic E-state index is 0.00694. The highest BCUT2D eigenvalue weighted by molar-refractivity contribution is 5.82. The third-order valence-corrected chi connectivity index (χ3v) is 5.12. The number of anilines is 1. The van der Waals surface area contributed by atoms with Crippen LogP contribution in [-0.4, -0.2) is 43.3 Å². The fourth-order valence-electron chi connectivity index (χ4n) is 2.78. The van der Waals surface area contributed by atoms with Crippen LogP contribution < -0.4 is 15.8 Å². The van der Waals surface area contributed by atoms with Crippen molar-refractivity contribution in [1.82, 2.24) is 0 Å². The van der Waals surface area contributed by atoms with E-state index < -0.39 is 6.04 Å². The van der Waals surface area contributed by atoms with Crippen LogP contribution in [0.4, 0.5) is 5.69 Å². The summed E-state index contributed by atoms with van der Waals surface area (Å²) in [6.07, 6.45) is -0.0363. The maximum absolute atomic E-state index is 11.6. The minimum atomic E-state index is -0.403. The quantitative estimate of drug-likeness (QED) is 0.791. The topological polar surface area (TPSA) is 99.9 Å². The van der Waals surface area contributed by atoms with E-state index in [4.69, 9.17) is 19.9 Å². The zero-order chi connectivity index (χ0) is 19.4. The highest BCUT2D eigenvalue weighted by atomic mass is 16.6. The van der Waals surface area contributed by atoms with Crippen LogP contribution in [0.5, 0.6) is 5.75 Å². The van der Waals surface area contributed by atoms with Gasteiger partial charge in [0.2, 0.25) is 0 Å². The lowest BCUT2D eigenvalue weighted by Crippen LogP contribution is -2.31. The van der Waals surface area contributed by atoms with Crippen LogP contribution in [0.25, 0.3) is 0 Å². The number of esters is 2. The number of benzene rings is 1. The molecule has 7 heteroatoms. The van der Waals surface area contributed by atoms with Gasteiger partial charge in [0.15, 0.2) is 0 Å². The van der Waals surface area contributed by atoms with Gasteiger partial charge in [-0.1, -0.05) is 13.8 Å². The van der Waals surface area contributed by atoms with Gasteiger partial charge in [-0.15, -0.1) is 0 Å². The van der Waals surface area contributed by atoms with Gasteiger partial charge in [0.05, 0.1) is 7.11 Å². The molecule has 2 aliphatic rings. The fraction of sp³-hybridized carbons (Fsp3) is 0.579. The molecule has 1 aromatic rings. The summed E-state index contributed by atoms with van der Waals surface area (Å²) in [6, 6.07) is 6.83. The smallest absolute Gasteiger partial charge is 0.329 e. The molecule has 0 aliphatic carbocycles. The van der Waals surface area contributed by atoms with E-state index in [1.807, 2.05) is 52.0 Å². The second-order valence-corrected chi connectivity index (χ2v) is 6.88. The Bertz CT molecular complexity index is 633. The monoisotopic (exact) mass is 364 g/mol. The van der Waals surface area contributed by atoms with Gasteiger partial charge in [-0.05, 0) is 38.1 Å². The number of rotatable bonds is 3. The van der Waals surface area contributed by atoms with Gasteiger partial charge in [0, 0.05) is 17.5 Å². The van der Waals surface area contributed by atoms with E-state index in [1.165, 1.54) is 0 Å². The highest BCUT2D eigenvalue weighted by Crippen LogP contribution is 2.26. The van der Waals surface area contributed by atoms with E-state index in [-0.39, 0.29) is 42.0 Å². The molecule has 0 saturated carbocycles. The first kappa shape index (κ1) is 20.0. The molecular weight excluding hydrogens is 336 g/mol. The standard InChI is InChI=1S/C13H17NO3.C6H11NO2/c1-8-9(2)17-13(15)12(8)14-10-4-6-11(16-3)7-5-10;1-3-4(2)9-6(8)5(3)7/h4-9,12,14H,1-3H3;3-5H,7H2,1-2H3/t8-,9-,12-;3-,4-,5-/m00/s1. The maximum Gasteiger partial charge on any atom is 0.329 e. The van der Waals surface area contributed by atoms with Gasteiger partial charge in [-0.2, -0.15) is 0 Å². The molecule has 0 amide bonds. The van der Waals surface area contributed by atoms with Gasteiger partial charge in [-0.3, -0.25) is 4.79 Å². The van der Waals surface area contributed by atoms with Crippen molar-refractivity contribution in [3.05, 3.63) is 24.3 Å². The van der Waals surface area contributed by atoms with Gasteiger partial charge >= 0.3 is 11.9 Å². The van der Waals surface area contributed by atoms with Crippen LogP contribution in [0, 0.1) is 11.8 Å². The van der Waals surface area contributed by atoms with Gasteiger partial charge < -0.3 is 25.3 Å². The van der Waals surface area contributed by atoms with Crippen molar-refractivity contribution in [2.75, 3.05) is 12.4 Å². The molecule has 0 unspecified atom stereocenters. The number of ether oxygens (including phenoxy) is 3. The first-order chi connectivity index (χ1) is 12.2. The zero-order valence-corrected chi connectivity index (χ0v) is 15.9. The van der Waals surface area contributed by atoms with Gasteiger partial charge in [-0.25, -0.2) is 4.79 Å². The summed E-state index contributed by atoms with van der Waals surface area (Å²) < 4.78 is 15.1. The predicted octanol–water partition coefficient (Wildman–Crippen LogP) is 1.95. The van der Waals surface area contributed by atoms with Crippen LogP contribution in [-0.2, 0) is 19.1 Å². The third-order valence-electron chi connectivity index (χ3n) is 5.12. The molecule has 2 fully saturated rings. The lowest BCUT2D eigenvalue weighted by atomic mass is 10.00. The molecule has 3 rings (SSSR count). The zero-order valence-electron chi connectivity index (χ0n) is 15.9. The predicted molar refractivity (Wildman–Crippen MR) is 97.8 cm³/mol. The molecule has 144 valence electrons. The Morgan fingerprint density at radius 1 is 0.923 bits per heavy atom. The van der Waals surface area contributed by atoms with Crippen LogP contribution in [0.15, 0.2) is 24.3 Å². The molecule has 2 aliphatic heterocycles. The van der Waals surface area contributed by atoms with Crippen molar-refractivity contribution in [1.29, 1.82) is 0 Å². The summed E-state index contributed by atoms with van der Waals surface area (Å²) in [5, 5.41) is 3.19. The summed E-state index contributed by atoms with van der Waals surface area (Å²) in [4.78, 5) is 22.3. The molecule has 0 spiro atoms. The van der Waals surface area contributed by atoms with Gasteiger partial charge in [0.25, 0.3) is 0 Å². The minimum Gasteiger partial charge on any atom is -0.497 e. The summed E-state index contributed by atoms with van der Waals surface area (Å²) in [5.74, 6) is 0.684. The van der Waals surface area contributed by atoms with Crippen molar-refractivity contribution in [2.24, 2.45) is 17.6 Å². The normalized spacial score (nSPS) is 33.0. The van der Waals surface area contributed by atoms with Crippen LogP contribution in [0.2, 0.25) is 0 Å². The van der Waals surface area contributed by atoms with E-state index in [1.54, 1.807) is 7.11 Å². The van der Waals surface area contributed by atoms with E-state index in [9.17, 15) is 9.59 Å². The Hall–Kier alpha value is -2.28. The Morgan fingerprint density at radius 3 is 1.81 bits per heavy atom. The van der Waals surface area contributed by atoms with Gasteiger partial charge in [0.1, 0.15) is 30.0 Å². The SMILES string of the molecule is COc1ccc(N[C@@H]2C(=O)O[C@@H](C)[C@@H]2C)cc1.C[C@H]1[C@H](C)OC(=O)[C@H]1N. The fourth-order valence-corrected chi connectivity index (χ4v) is 2.78. The number of nitrogens with two attached hydrogens (primary N) is 1. The van der Waals surface area contributed by atoms with Crippen molar-refractivity contribution >= 4 is 17.6 Å². The maximum atomic E-state index is 11.6. The molecule has 2 saturated heterocycles. The molecule has 26 heavy (non-hydrogen) atoms.